The summed E-state index contributed by atoms with van der Waals surface area (Å²) in [6.45, 7) is 4.15. The van der Waals surface area contributed by atoms with Gasteiger partial charge in [0.1, 0.15) is 11.8 Å². The maximum absolute atomic E-state index is 11.2. The molecule has 0 spiro atoms. The molecule has 3 aromatic rings. The van der Waals surface area contributed by atoms with Crippen LogP contribution in [0.5, 0.6) is 10.9 Å². The number of anilines is 1. The summed E-state index contributed by atoms with van der Waals surface area (Å²) in [5.74, 6) is 1.91. The van der Waals surface area contributed by atoms with Crippen molar-refractivity contribution >= 4 is 34.5 Å². The maximum Gasteiger partial charge on any atom is 0.279 e. The number of ether oxygens (including phenoxy) is 1. The minimum Gasteiger partial charge on any atom is -0.431 e. The normalized spacial score (nSPS) is 14.4. The average Bonchev–Trinajstić information content (AvgIpc) is 3.16. The average molecular weight is 434 g/mol. The quantitative estimate of drug-likeness (QED) is 0.532. The van der Waals surface area contributed by atoms with Crippen molar-refractivity contribution in [3.8, 4) is 21.6 Å². The lowest BCUT2D eigenvalue weighted by Gasteiger charge is -2.09. The van der Waals surface area contributed by atoms with E-state index in [0.717, 1.165) is 18.2 Å². The van der Waals surface area contributed by atoms with Crippen molar-refractivity contribution in [1.29, 1.82) is 0 Å². The van der Waals surface area contributed by atoms with Crippen molar-refractivity contribution in [2.45, 2.75) is 32.7 Å². The molecule has 1 fully saturated rings. The predicted octanol–water partition coefficient (Wildman–Crippen LogP) is 4.66. The van der Waals surface area contributed by atoms with Gasteiger partial charge in [-0.15, -0.1) is 0 Å². The van der Waals surface area contributed by atoms with Gasteiger partial charge in [-0.1, -0.05) is 28.1 Å². The van der Waals surface area contributed by atoms with E-state index in [0.29, 0.717) is 32.6 Å². The highest BCUT2D eigenvalue weighted by Gasteiger charge is 2.21. The molecule has 4 rings (SSSR count). The Morgan fingerprint density at radius 2 is 2.28 bits per heavy atom. The predicted molar refractivity (Wildman–Crippen MR) is 110 cm³/mol. The van der Waals surface area contributed by atoms with Crippen molar-refractivity contribution in [2.24, 2.45) is 5.92 Å². The Morgan fingerprint density at radius 1 is 1.45 bits per heavy atom. The first kappa shape index (κ1) is 19.7. The Kier molecular flexibility index (Phi) is 5.68. The third-order valence-electron chi connectivity index (χ3n) is 4.36. The van der Waals surface area contributed by atoms with E-state index in [1.165, 1.54) is 31.1 Å². The number of rotatable bonds is 8. The fourth-order valence-electron chi connectivity index (χ4n) is 2.67. The van der Waals surface area contributed by atoms with Gasteiger partial charge in [-0.05, 0) is 37.8 Å². The van der Waals surface area contributed by atoms with Crippen molar-refractivity contribution in [1.82, 2.24) is 20.4 Å². The van der Waals surface area contributed by atoms with E-state index in [-0.39, 0.29) is 11.9 Å². The highest BCUT2D eigenvalue weighted by Crippen LogP contribution is 2.35. The molecule has 8 nitrogen and oxygen atoms in total. The van der Waals surface area contributed by atoms with Crippen LogP contribution in [0.4, 0.5) is 5.69 Å². The molecule has 0 aliphatic heterocycles. The maximum atomic E-state index is 11.2. The topological polar surface area (TPSA) is 102 Å². The van der Waals surface area contributed by atoms with Gasteiger partial charge >= 0.3 is 0 Å². The summed E-state index contributed by atoms with van der Waals surface area (Å²) in [5, 5.41) is 11.1. The Morgan fingerprint density at radius 3 is 3.00 bits per heavy atom. The lowest BCUT2D eigenvalue weighted by molar-refractivity contribution is -0.119. The summed E-state index contributed by atoms with van der Waals surface area (Å²) in [5.41, 5.74) is 0.901. The minimum atomic E-state index is -0.369. The molecule has 1 unspecified atom stereocenters. The largest absolute Gasteiger partial charge is 0.431 e. The number of hydrogen-bond donors (Lipinski definition) is 2. The van der Waals surface area contributed by atoms with Gasteiger partial charge in [0.2, 0.25) is 17.6 Å². The summed E-state index contributed by atoms with van der Waals surface area (Å²) in [6.07, 6.45) is 4.18. The third-order valence-corrected chi connectivity index (χ3v) is 5.54. The van der Waals surface area contributed by atoms with E-state index in [1.54, 1.807) is 19.2 Å². The first-order valence-electron chi connectivity index (χ1n) is 9.26. The number of carbonyl (C=O) groups is 1. The van der Waals surface area contributed by atoms with Crippen molar-refractivity contribution in [3.05, 3.63) is 35.3 Å². The van der Waals surface area contributed by atoms with Gasteiger partial charge in [0, 0.05) is 19.5 Å². The van der Waals surface area contributed by atoms with Gasteiger partial charge in [0.15, 0.2) is 0 Å². The van der Waals surface area contributed by atoms with E-state index in [1.807, 2.05) is 12.1 Å². The summed E-state index contributed by atoms with van der Waals surface area (Å²) in [6, 6.07) is 5.15. The minimum absolute atomic E-state index is 0.168. The van der Waals surface area contributed by atoms with Crippen LogP contribution in [0.25, 0.3) is 10.7 Å². The van der Waals surface area contributed by atoms with E-state index in [9.17, 15) is 4.79 Å². The molecule has 0 bridgehead atoms. The molecule has 1 saturated carbocycles. The highest BCUT2D eigenvalue weighted by atomic mass is 35.5. The van der Waals surface area contributed by atoms with Crippen LogP contribution in [0, 0.1) is 5.92 Å². The molecule has 1 atom stereocenters. The van der Waals surface area contributed by atoms with Crippen LogP contribution >= 0.6 is 22.9 Å². The lowest BCUT2D eigenvalue weighted by Crippen LogP contribution is -2.23. The summed E-state index contributed by atoms with van der Waals surface area (Å²) < 4.78 is 11.0. The smallest absolute Gasteiger partial charge is 0.279 e. The van der Waals surface area contributed by atoms with E-state index in [4.69, 9.17) is 20.9 Å². The number of carbonyl (C=O) groups excluding carboxylic acids is 1. The van der Waals surface area contributed by atoms with Gasteiger partial charge in [-0.2, -0.15) is 4.98 Å². The van der Waals surface area contributed by atoms with Crippen molar-refractivity contribution < 1.29 is 14.1 Å². The Labute approximate surface area is 176 Å². The molecule has 0 radical (unpaired) electrons. The van der Waals surface area contributed by atoms with E-state index >= 15 is 0 Å². The molecule has 0 saturated heterocycles. The van der Waals surface area contributed by atoms with E-state index < -0.39 is 0 Å². The fraction of sp³-hybridized carbons (Fsp3) is 0.368. The number of halogens is 1. The Bertz CT molecular complexity index is 1020. The van der Waals surface area contributed by atoms with Gasteiger partial charge in [0.05, 0.1) is 21.8 Å². The molecular formula is C19H20ClN5O3S. The van der Waals surface area contributed by atoms with Gasteiger partial charge in [-0.3, -0.25) is 4.79 Å². The number of hydrogen-bond acceptors (Lipinski definition) is 8. The molecule has 2 aromatic heterocycles. The summed E-state index contributed by atoms with van der Waals surface area (Å²) in [4.78, 5) is 20.4. The zero-order chi connectivity index (χ0) is 20.4. The molecule has 1 aliphatic rings. The van der Waals surface area contributed by atoms with Crippen LogP contribution in [0.1, 0.15) is 38.6 Å². The zero-order valence-electron chi connectivity index (χ0n) is 15.9. The van der Waals surface area contributed by atoms with Crippen LogP contribution in [0.3, 0.4) is 0 Å². The van der Waals surface area contributed by atoms with Crippen LogP contribution in [0.2, 0.25) is 5.02 Å². The highest BCUT2D eigenvalue weighted by molar-refractivity contribution is 7.16. The van der Waals surface area contributed by atoms with Gasteiger partial charge in [-0.25, -0.2) is 4.98 Å². The molecular weight excluding hydrogens is 414 g/mol. The van der Waals surface area contributed by atoms with Crippen LogP contribution in [-0.4, -0.2) is 27.6 Å². The molecule has 1 aliphatic carbocycles. The molecule has 2 heterocycles. The number of aromatic nitrogens is 3. The standard InChI is InChI=1S/C19H20ClN5O3S/c1-10(23-11(2)26)18-24-17(25-28-18)16-9-22-19(29-16)27-13-5-6-15(14(20)7-13)21-8-12-3-4-12/h5-7,9-10,12,21H,3-4,8H2,1-2H3,(H,23,26). The lowest BCUT2D eigenvalue weighted by atomic mass is 10.3. The number of benzene rings is 1. The fourth-order valence-corrected chi connectivity index (χ4v) is 3.61. The molecule has 1 amide bonds. The number of nitrogens with zero attached hydrogens (tertiary/aromatic N) is 3. The first-order chi connectivity index (χ1) is 14.0. The second kappa shape index (κ2) is 8.38. The SMILES string of the molecule is CC(=O)NC(C)c1nc(-c2cnc(Oc3ccc(NCC4CC4)c(Cl)c3)s2)no1. The second-order valence-corrected chi connectivity index (χ2v) is 8.34. The Hall–Kier alpha value is -2.65. The van der Waals surface area contributed by atoms with Crippen LogP contribution in [0.15, 0.2) is 28.9 Å². The molecule has 1 aromatic carbocycles. The molecule has 152 valence electrons. The van der Waals surface area contributed by atoms with Gasteiger partial charge in [0.25, 0.3) is 5.19 Å². The number of nitrogens with one attached hydrogen (secondary N) is 2. The van der Waals surface area contributed by atoms with Crippen molar-refractivity contribution in [3.63, 3.8) is 0 Å². The number of amides is 1. The third kappa shape index (κ3) is 5.04. The van der Waals surface area contributed by atoms with Crippen molar-refractivity contribution in [2.75, 3.05) is 11.9 Å². The van der Waals surface area contributed by atoms with E-state index in [2.05, 4.69) is 25.8 Å². The first-order valence-corrected chi connectivity index (χ1v) is 10.5. The summed E-state index contributed by atoms with van der Waals surface area (Å²) in [7, 11) is 0. The van der Waals surface area contributed by atoms with Gasteiger partial charge < -0.3 is 19.9 Å². The van der Waals surface area contributed by atoms with Crippen LogP contribution in [-0.2, 0) is 4.79 Å². The second-order valence-electron chi connectivity index (χ2n) is 6.94. The summed E-state index contributed by atoms with van der Waals surface area (Å²) >= 11 is 7.63. The Balaban J connectivity index is 1.41. The monoisotopic (exact) mass is 433 g/mol. The molecule has 2 N–H and O–H groups in total. The number of thiazole rings is 1. The molecule has 29 heavy (non-hydrogen) atoms. The molecule has 10 heteroatoms. The zero-order valence-corrected chi connectivity index (χ0v) is 17.5. The van der Waals surface area contributed by atoms with Crippen LogP contribution < -0.4 is 15.4 Å².